The molecule has 0 bridgehead atoms. The summed E-state index contributed by atoms with van der Waals surface area (Å²) in [5.41, 5.74) is 1.58. The quantitative estimate of drug-likeness (QED) is 0.724. The van der Waals surface area contributed by atoms with Crippen LogP contribution in [-0.4, -0.2) is 6.04 Å². The predicted octanol–water partition coefficient (Wildman–Crippen LogP) is 5.74. The lowest BCUT2D eigenvalue weighted by Gasteiger charge is -2.37. The molecule has 2 aromatic rings. The van der Waals surface area contributed by atoms with Gasteiger partial charge in [-0.3, -0.25) is 0 Å². The van der Waals surface area contributed by atoms with E-state index in [1.165, 1.54) is 11.6 Å². The second kappa shape index (κ2) is 5.93. The Morgan fingerprint density at radius 3 is 2.38 bits per heavy atom. The lowest BCUT2D eigenvalue weighted by molar-refractivity contribution is 0.372. The van der Waals surface area contributed by atoms with Gasteiger partial charge in [-0.2, -0.15) is 0 Å². The minimum absolute atomic E-state index is 0.196. The standard InChI is InChI=1S/C16H13BrClF2N/c17-14-7-12(19)8-15(20)16(14)21-13-5-10(6-13)9-1-3-11(18)4-2-9/h1-4,7-8,10,13,21H,5-6H2. The van der Waals surface area contributed by atoms with Crippen LogP contribution in [0, 0.1) is 11.6 Å². The van der Waals surface area contributed by atoms with Crippen LogP contribution in [-0.2, 0) is 0 Å². The summed E-state index contributed by atoms with van der Waals surface area (Å²) >= 11 is 9.06. The van der Waals surface area contributed by atoms with Gasteiger partial charge in [-0.15, -0.1) is 0 Å². The molecule has 1 nitrogen and oxygen atoms in total. The first-order chi connectivity index (χ1) is 10.0. The normalized spacial score (nSPS) is 21.0. The van der Waals surface area contributed by atoms with Crippen LogP contribution in [0.3, 0.4) is 0 Å². The van der Waals surface area contributed by atoms with E-state index < -0.39 is 11.6 Å². The molecule has 0 atom stereocenters. The Morgan fingerprint density at radius 2 is 1.76 bits per heavy atom. The van der Waals surface area contributed by atoms with Crippen molar-refractivity contribution >= 4 is 33.2 Å². The third kappa shape index (κ3) is 3.22. The van der Waals surface area contributed by atoms with Crippen molar-refractivity contribution in [2.45, 2.75) is 24.8 Å². The summed E-state index contributed by atoms with van der Waals surface area (Å²) in [5.74, 6) is -0.698. The fraction of sp³-hybridized carbons (Fsp3) is 0.250. The molecule has 0 heterocycles. The summed E-state index contributed by atoms with van der Waals surface area (Å²) < 4.78 is 27.2. The molecule has 1 fully saturated rings. The highest BCUT2D eigenvalue weighted by molar-refractivity contribution is 9.10. The average molecular weight is 373 g/mol. The second-order valence-electron chi connectivity index (χ2n) is 5.31. The van der Waals surface area contributed by atoms with Gasteiger partial charge in [0.15, 0.2) is 0 Å². The van der Waals surface area contributed by atoms with E-state index in [0.29, 0.717) is 16.1 Å². The molecular weight excluding hydrogens is 360 g/mol. The summed E-state index contributed by atoms with van der Waals surface area (Å²) in [5, 5.41) is 3.87. The van der Waals surface area contributed by atoms with E-state index in [1.807, 2.05) is 24.3 Å². The number of rotatable bonds is 3. The third-order valence-electron chi connectivity index (χ3n) is 3.83. The summed E-state index contributed by atoms with van der Waals surface area (Å²) in [7, 11) is 0. The molecule has 0 aliphatic heterocycles. The average Bonchev–Trinajstić information content (AvgIpc) is 2.37. The first-order valence-corrected chi connectivity index (χ1v) is 7.86. The molecule has 1 aliphatic carbocycles. The van der Waals surface area contributed by atoms with Crippen molar-refractivity contribution in [2.75, 3.05) is 5.32 Å². The molecule has 110 valence electrons. The molecule has 5 heteroatoms. The van der Waals surface area contributed by atoms with Gasteiger partial charge in [-0.25, -0.2) is 8.78 Å². The van der Waals surface area contributed by atoms with Crippen LogP contribution in [0.1, 0.15) is 24.3 Å². The molecule has 21 heavy (non-hydrogen) atoms. The first kappa shape index (κ1) is 14.8. The van der Waals surface area contributed by atoms with Crippen LogP contribution in [0.2, 0.25) is 5.02 Å². The van der Waals surface area contributed by atoms with E-state index >= 15 is 0 Å². The maximum atomic E-state index is 13.7. The van der Waals surface area contributed by atoms with Gasteiger partial charge in [-0.1, -0.05) is 23.7 Å². The molecule has 3 rings (SSSR count). The first-order valence-electron chi connectivity index (χ1n) is 6.69. The van der Waals surface area contributed by atoms with Crippen LogP contribution < -0.4 is 5.32 Å². The molecule has 0 aromatic heterocycles. The van der Waals surface area contributed by atoms with Gasteiger partial charge in [0, 0.05) is 21.6 Å². The minimum atomic E-state index is -0.586. The highest BCUT2D eigenvalue weighted by Gasteiger charge is 2.31. The Kier molecular flexibility index (Phi) is 4.18. The van der Waals surface area contributed by atoms with Gasteiger partial charge in [0.05, 0.1) is 5.69 Å². The van der Waals surface area contributed by atoms with Gasteiger partial charge in [0.25, 0.3) is 0 Å². The molecule has 0 radical (unpaired) electrons. The zero-order valence-electron chi connectivity index (χ0n) is 11.0. The SMILES string of the molecule is Fc1cc(F)c(NC2CC(c3ccc(Cl)cc3)C2)c(Br)c1. The van der Waals surface area contributed by atoms with Crippen molar-refractivity contribution in [3.63, 3.8) is 0 Å². The largest absolute Gasteiger partial charge is 0.379 e. The monoisotopic (exact) mass is 371 g/mol. The van der Waals surface area contributed by atoms with Gasteiger partial charge in [-0.05, 0) is 58.5 Å². The van der Waals surface area contributed by atoms with E-state index in [0.717, 1.165) is 23.9 Å². The van der Waals surface area contributed by atoms with Crippen LogP contribution in [0.15, 0.2) is 40.9 Å². The smallest absolute Gasteiger partial charge is 0.150 e. The highest BCUT2D eigenvalue weighted by Crippen LogP contribution is 2.40. The number of nitrogens with one attached hydrogen (secondary N) is 1. The highest BCUT2D eigenvalue weighted by atomic mass is 79.9. The van der Waals surface area contributed by atoms with Crippen LogP contribution >= 0.6 is 27.5 Å². The number of anilines is 1. The number of benzene rings is 2. The lowest BCUT2D eigenvalue weighted by Crippen LogP contribution is -2.34. The van der Waals surface area contributed by atoms with Gasteiger partial charge in [0.2, 0.25) is 0 Å². The maximum Gasteiger partial charge on any atom is 0.150 e. The molecule has 1 aliphatic rings. The molecule has 1 saturated carbocycles. The van der Waals surface area contributed by atoms with Crippen molar-refractivity contribution in [2.24, 2.45) is 0 Å². The van der Waals surface area contributed by atoms with Gasteiger partial charge < -0.3 is 5.32 Å². The minimum Gasteiger partial charge on any atom is -0.379 e. The van der Waals surface area contributed by atoms with E-state index in [9.17, 15) is 8.78 Å². The summed E-state index contributed by atoms with van der Waals surface area (Å²) in [6, 6.07) is 10.2. The maximum absolute atomic E-state index is 13.7. The Balaban J connectivity index is 1.64. The van der Waals surface area contributed by atoms with Crippen LogP contribution in [0.4, 0.5) is 14.5 Å². The molecular formula is C16H13BrClF2N. The van der Waals surface area contributed by atoms with Crippen molar-refractivity contribution < 1.29 is 8.78 Å². The summed E-state index contributed by atoms with van der Waals surface area (Å²) in [6.07, 6.45) is 1.84. The van der Waals surface area contributed by atoms with Gasteiger partial charge in [0.1, 0.15) is 11.6 Å². The molecule has 0 amide bonds. The Bertz CT molecular complexity index is 631. The summed E-state index contributed by atoms with van der Waals surface area (Å²) in [4.78, 5) is 0. The number of hydrogen-bond donors (Lipinski definition) is 1. The van der Waals surface area contributed by atoms with Crippen molar-refractivity contribution in [1.29, 1.82) is 0 Å². The molecule has 0 unspecified atom stereocenters. The molecule has 0 spiro atoms. The zero-order chi connectivity index (χ0) is 15.0. The topological polar surface area (TPSA) is 12.0 Å². The second-order valence-corrected chi connectivity index (χ2v) is 6.60. The van der Waals surface area contributed by atoms with Crippen molar-refractivity contribution in [3.05, 3.63) is 63.1 Å². The van der Waals surface area contributed by atoms with Crippen molar-refractivity contribution in [3.8, 4) is 0 Å². The van der Waals surface area contributed by atoms with E-state index in [4.69, 9.17) is 11.6 Å². The predicted molar refractivity (Wildman–Crippen MR) is 84.9 cm³/mol. The zero-order valence-corrected chi connectivity index (χ0v) is 13.4. The van der Waals surface area contributed by atoms with Crippen molar-refractivity contribution in [1.82, 2.24) is 0 Å². The number of halogens is 4. The number of hydrogen-bond acceptors (Lipinski definition) is 1. The Morgan fingerprint density at radius 1 is 1.10 bits per heavy atom. The Labute approximate surface area is 135 Å². The summed E-state index contributed by atoms with van der Waals surface area (Å²) in [6.45, 7) is 0. The van der Waals surface area contributed by atoms with E-state index in [2.05, 4.69) is 21.2 Å². The Hall–Kier alpha value is -1.13. The van der Waals surface area contributed by atoms with Crippen LogP contribution in [0.5, 0.6) is 0 Å². The van der Waals surface area contributed by atoms with Crippen LogP contribution in [0.25, 0.3) is 0 Å². The molecule has 1 N–H and O–H groups in total. The van der Waals surface area contributed by atoms with Gasteiger partial charge >= 0.3 is 0 Å². The van der Waals surface area contributed by atoms with E-state index in [-0.39, 0.29) is 6.04 Å². The molecule has 2 aromatic carbocycles. The fourth-order valence-corrected chi connectivity index (χ4v) is 3.28. The lowest BCUT2D eigenvalue weighted by atomic mass is 9.76. The molecule has 0 saturated heterocycles. The van der Waals surface area contributed by atoms with E-state index in [1.54, 1.807) is 0 Å². The third-order valence-corrected chi connectivity index (χ3v) is 4.71. The fourth-order valence-electron chi connectivity index (χ4n) is 2.63.